The minimum absolute atomic E-state index is 0.146. The predicted molar refractivity (Wildman–Crippen MR) is 118 cm³/mol. The highest BCUT2D eigenvalue weighted by molar-refractivity contribution is 5.91. The van der Waals surface area contributed by atoms with E-state index in [0.29, 0.717) is 37.0 Å². The van der Waals surface area contributed by atoms with E-state index in [1.54, 1.807) is 29.4 Å². The second-order valence-electron chi connectivity index (χ2n) is 8.00. The van der Waals surface area contributed by atoms with Crippen LogP contribution in [0.1, 0.15) is 58.7 Å². The number of rotatable bonds is 7. The average Bonchev–Trinajstić information content (AvgIpc) is 3.57. The highest BCUT2D eigenvalue weighted by atomic mass is 16.5. The number of benzene rings is 1. The number of aromatic nitrogens is 3. The van der Waals surface area contributed by atoms with Crippen LogP contribution < -0.4 is 4.74 Å². The minimum atomic E-state index is -0.235. The molecule has 8 nitrogen and oxygen atoms in total. The fourth-order valence-corrected chi connectivity index (χ4v) is 3.98. The average molecular weight is 444 g/mol. The molecule has 1 aromatic carbocycles. The lowest BCUT2D eigenvalue weighted by Crippen LogP contribution is -2.38. The van der Waals surface area contributed by atoms with Crippen molar-refractivity contribution in [2.24, 2.45) is 0 Å². The number of carbonyl (C=O) groups is 1. The van der Waals surface area contributed by atoms with E-state index < -0.39 is 0 Å². The summed E-state index contributed by atoms with van der Waals surface area (Å²) in [6.07, 6.45) is 8.28. The summed E-state index contributed by atoms with van der Waals surface area (Å²) in [5.41, 5.74) is 2.11. The van der Waals surface area contributed by atoms with Gasteiger partial charge in [-0.25, -0.2) is 0 Å². The van der Waals surface area contributed by atoms with Gasteiger partial charge in [-0.3, -0.25) is 9.78 Å². The van der Waals surface area contributed by atoms with E-state index in [2.05, 4.69) is 15.1 Å². The first-order valence-electron chi connectivity index (χ1n) is 11.0. The smallest absolute Gasteiger partial charge is 0.290 e. The SMILES string of the molecule is O=C(c1ccco1)N1CCCCC1c1nc(Cc2ccc(OCc3ccncc3)cc2)no1. The molecule has 0 bridgehead atoms. The van der Waals surface area contributed by atoms with Crippen molar-refractivity contribution >= 4 is 5.91 Å². The van der Waals surface area contributed by atoms with Crippen LogP contribution in [0.5, 0.6) is 5.75 Å². The summed E-state index contributed by atoms with van der Waals surface area (Å²) in [4.78, 5) is 23.2. The molecule has 0 aliphatic carbocycles. The Morgan fingerprint density at radius 3 is 2.70 bits per heavy atom. The maximum Gasteiger partial charge on any atom is 0.290 e. The Labute approximate surface area is 191 Å². The summed E-state index contributed by atoms with van der Waals surface area (Å²) in [6, 6.07) is 14.9. The van der Waals surface area contributed by atoms with E-state index in [9.17, 15) is 4.79 Å². The first kappa shape index (κ1) is 20.9. The fourth-order valence-electron chi connectivity index (χ4n) is 3.98. The lowest BCUT2D eigenvalue weighted by atomic mass is 10.0. The van der Waals surface area contributed by atoms with Crippen molar-refractivity contribution in [3.05, 3.63) is 95.8 Å². The van der Waals surface area contributed by atoms with Crippen molar-refractivity contribution in [3.63, 3.8) is 0 Å². The van der Waals surface area contributed by atoms with E-state index in [1.807, 2.05) is 36.4 Å². The maximum absolute atomic E-state index is 12.8. The monoisotopic (exact) mass is 444 g/mol. The molecule has 0 saturated carbocycles. The Kier molecular flexibility index (Phi) is 6.14. The molecule has 4 aromatic rings. The van der Waals surface area contributed by atoms with Gasteiger partial charge in [0.2, 0.25) is 5.89 Å². The number of carbonyl (C=O) groups excluding carboxylic acids is 1. The number of likely N-dealkylation sites (tertiary alicyclic amines) is 1. The molecule has 1 saturated heterocycles. The van der Waals surface area contributed by atoms with Crippen LogP contribution in [0.15, 0.2) is 76.1 Å². The number of pyridine rings is 1. The zero-order chi connectivity index (χ0) is 22.5. The fraction of sp³-hybridized carbons (Fsp3) is 0.280. The Hall–Kier alpha value is -3.94. The van der Waals surface area contributed by atoms with Crippen molar-refractivity contribution in [1.82, 2.24) is 20.0 Å². The first-order valence-corrected chi connectivity index (χ1v) is 11.0. The van der Waals surface area contributed by atoms with Gasteiger partial charge in [-0.1, -0.05) is 17.3 Å². The van der Waals surface area contributed by atoms with Crippen LogP contribution in [0.4, 0.5) is 0 Å². The number of hydrogen-bond acceptors (Lipinski definition) is 7. The Balaban J connectivity index is 1.22. The topological polar surface area (TPSA) is 94.5 Å². The molecule has 0 spiro atoms. The van der Waals surface area contributed by atoms with Gasteiger partial charge < -0.3 is 18.6 Å². The van der Waals surface area contributed by atoms with E-state index in [0.717, 1.165) is 36.1 Å². The molecule has 1 aliphatic heterocycles. The molecule has 0 N–H and O–H groups in total. The van der Waals surface area contributed by atoms with Gasteiger partial charge in [-0.2, -0.15) is 4.98 Å². The normalized spacial score (nSPS) is 16.0. The van der Waals surface area contributed by atoms with Crippen LogP contribution in [-0.4, -0.2) is 32.5 Å². The summed E-state index contributed by atoms with van der Waals surface area (Å²) < 4.78 is 16.7. The Morgan fingerprint density at radius 2 is 1.91 bits per heavy atom. The zero-order valence-corrected chi connectivity index (χ0v) is 18.1. The number of ether oxygens (including phenoxy) is 1. The molecular weight excluding hydrogens is 420 g/mol. The molecule has 4 heterocycles. The molecule has 3 aromatic heterocycles. The zero-order valence-electron chi connectivity index (χ0n) is 18.1. The summed E-state index contributed by atoms with van der Waals surface area (Å²) in [5, 5.41) is 4.16. The lowest BCUT2D eigenvalue weighted by molar-refractivity contribution is 0.0529. The van der Waals surface area contributed by atoms with E-state index >= 15 is 0 Å². The molecule has 1 amide bonds. The second-order valence-corrected chi connectivity index (χ2v) is 8.00. The second kappa shape index (κ2) is 9.68. The number of amides is 1. The summed E-state index contributed by atoms with van der Waals surface area (Å²) in [6.45, 7) is 1.13. The summed E-state index contributed by atoms with van der Waals surface area (Å²) >= 11 is 0. The van der Waals surface area contributed by atoms with Crippen molar-refractivity contribution < 1.29 is 18.5 Å². The van der Waals surface area contributed by atoms with Crippen LogP contribution in [0.25, 0.3) is 0 Å². The van der Waals surface area contributed by atoms with Gasteiger partial charge in [0.1, 0.15) is 18.4 Å². The van der Waals surface area contributed by atoms with E-state index in [4.69, 9.17) is 13.7 Å². The molecule has 1 atom stereocenters. The third-order valence-electron chi connectivity index (χ3n) is 5.70. The highest BCUT2D eigenvalue weighted by Crippen LogP contribution is 2.31. The predicted octanol–water partition coefficient (Wildman–Crippen LogP) is 4.59. The van der Waals surface area contributed by atoms with Crippen molar-refractivity contribution in [2.75, 3.05) is 6.54 Å². The van der Waals surface area contributed by atoms with E-state index in [1.165, 1.54) is 6.26 Å². The van der Waals surface area contributed by atoms with Gasteiger partial charge in [-0.05, 0) is 66.8 Å². The van der Waals surface area contributed by atoms with Crippen LogP contribution in [0, 0.1) is 0 Å². The quantitative estimate of drug-likeness (QED) is 0.411. The summed E-state index contributed by atoms with van der Waals surface area (Å²) in [5.74, 6) is 2.03. The maximum atomic E-state index is 12.8. The molecule has 33 heavy (non-hydrogen) atoms. The number of furan rings is 1. The number of hydrogen-bond donors (Lipinski definition) is 0. The molecule has 168 valence electrons. The summed E-state index contributed by atoms with van der Waals surface area (Å²) in [7, 11) is 0. The third kappa shape index (κ3) is 4.95. The number of piperidine rings is 1. The van der Waals surface area contributed by atoms with Gasteiger partial charge in [-0.15, -0.1) is 0 Å². The van der Waals surface area contributed by atoms with Gasteiger partial charge >= 0.3 is 0 Å². The molecule has 8 heteroatoms. The van der Waals surface area contributed by atoms with Crippen molar-refractivity contribution in [2.45, 2.75) is 38.3 Å². The molecule has 0 radical (unpaired) electrons. The van der Waals surface area contributed by atoms with Crippen LogP contribution >= 0.6 is 0 Å². The van der Waals surface area contributed by atoms with Gasteiger partial charge in [0.25, 0.3) is 5.91 Å². The number of nitrogens with zero attached hydrogens (tertiary/aromatic N) is 4. The third-order valence-corrected chi connectivity index (χ3v) is 5.70. The largest absolute Gasteiger partial charge is 0.489 e. The minimum Gasteiger partial charge on any atom is -0.489 e. The first-order chi connectivity index (χ1) is 16.3. The van der Waals surface area contributed by atoms with Crippen molar-refractivity contribution in [1.29, 1.82) is 0 Å². The highest BCUT2D eigenvalue weighted by Gasteiger charge is 2.33. The van der Waals surface area contributed by atoms with Crippen molar-refractivity contribution in [3.8, 4) is 5.75 Å². The lowest BCUT2D eigenvalue weighted by Gasteiger charge is -2.32. The van der Waals surface area contributed by atoms with Gasteiger partial charge in [0, 0.05) is 25.4 Å². The molecular formula is C25H24N4O4. The Bertz CT molecular complexity index is 1170. The Morgan fingerprint density at radius 1 is 1.06 bits per heavy atom. The molecule has 1 unspecified atom stereocenters. The molecule has 1 aliphatic rings. The van der Waals surface area contributed by atoms with Crippen LogP contribution in [0.2, 0.25) is 0 Å². The van der Waals surface area contributed by atoms with E-state index in [-0.39, 0.29) is 11.9 Å². The van der Waals surface area contributed by atoms with Crippen LogP contribution in [0.3, 0.4) is 0 Å². The molecule has 1 fully saturated rings. The molecule has 5 rings (SSSR count). The van der Waals surface area contributed by atoms with Gasteiger partial charge in [0.15, 0.2) is 11.6 Å². The standard InChI is InChI=1S/C25H24N4O4/c30-25(22-5-3-15-31-22)29-14-2-1-4-21(29)24-27-23(28-33-24)16-18-6-8-20(9-7-18)32-17-19-10-12-26-13-11-19/h3,5-13,15,21H,1-2,4,14,16-17H2. The van der Waals surface area contributed by atoms with Gasteiger partial charge in [0.05, 0.1) is 6.26 Å². The van der Waals surface area contributed by atoms with Crippen LogP contribution in [-0.2, 0) is 13.0 Å².